The summed E-state index contributed by atoms with van der Waals surface area (Å²) in [6, 6.07) is 13.2. The lowest BCUT2D eigenvalue weighted by Crippen LogP contribution is -2.44. The molecule has 0 radical (unpaired) electrons. The number of anilines is 1. The van der Waals surface area contributed by atoms with Gasteiger partial charge in [0.2, 0.25) is 0 Å². The second kappa shape index (κ2) is 7.90. The van der Waals surface area contributed by atoms with E-state index in [0.717, 1.165) is 5.69 Å². The number of carbonyl (C=O) groups excluding carboxylic acids is 2. The number of halogens is 2. The van der Waals surface area contributed by atoms with Gasteiger partial charge in [-0.15, -0.1) is 0 Å². The number of hydrogen-bond acceptors (Lipinski definition) is 3. The number of imidazole rings is 1. The van der Waals surface area contributed by atoms with Crippen LogP contribution >= 0.6 is 23.2 Å². The molecule has 0 saturated carbocycles. The van der Waals surface area contributed by atoms with Gasteiger partial charge in [-0.25, -0.2) is 15.2 Å². The standard InChI is InChI=1S/C17H13Cl2N5O2/c18-13-7-6-11(8-14(13)19)21-17(26)23-22-16(25)15-9-20-10-24(15)12-4-2-1-3-5-12/h1-10H,(H,22,25)(H2,21,23,26). The molecule has 0 unspecified atom stereocenters. The van der Waals surface area contributed by atoms with Crippen molar-refractivity contribution in [1.29, 1.82) is 0 Å². The molecule has 0 bridgehead atoms. The Bertz CT molecular complexity index is 943. The van der Waals surface area contributed by atoms with E-state index in [4.69, 9.17) is 23.2 Å². The SMILES string of the molecule is O=C(NNC(=O)c1cncn1-c1ccccc1)Nc1ccc(Cl)c(Cl)c1. The molecule has 7 nitrogen and oxygen atoms in total. The average molecular weight is 390 g/mol. The highest BCUT2D eigenvalue weighted by atomic mass is 35.5. The van der Waals surface area contributed by atoms with Crippen LogP contribution in [0.2, 0.25) is 10.0 Å². The van der Waals surface area contributed by atoms with E-state index in [9.17, 15) is 9.59 Å². The summed E-state index contributed by atoms with van der Waals surface area (Å²) in [7, 11) is 0. The topological polar surface area (TPSA) is 88.1 Å². The Balaban J connectivity index is 1.62. The molecule has 0 aliphatic carbocycles. The van der Waals surface area contributed by atoms with Gasteiger partial charge in [0.1, 0.15) is 5.69 Å². The van der Waals surface area contributed by atoms with Gasteiger partial charge >= 0.3 is 6.03 Å². The lowest BCUT2D eigenvalue weighted by Gasteiger charge is -2.11. The minimum Gasteiger partial charge on any atom is -0.307 e. The summed E-state index contributed by atoms with van der Waals surface area (Å²) in [6.07, 6.45) is 2.92. The van der Waals surface area contributed by atoms with Gasteiger partial charge < -0.3 is 5.32 Å². The Labute approximate surface area is 158 Å². The molecule has 3 N–H and O–H groups in total. The summed E-state index contributed by atoms with van der Waals surface area (Å²) in [4.78, 5) is 28.2. The van der Waals surface area contributed by atoms with Crippen molar-refractivity contribution in [2.24, 2.45) is 0 Å². The normalized spacial score (nSPS) is 10.2. The zero-order valence-electron chi connectivity index (χ0n) is 13.2. The van der Waals surface area contributed by atoms with Gasteiger partial charge in [-0.1, -0.05) is 41.4 Å². The van der Waals surface area contributed by atoms with Gasteiger partial charge in [0.25, 0.3) is 5.91 Å². The maximum atomic E-state index is 12.3. The van der Waals surface area contributed by atoms with Gasteiger partial charge in [-0.2, -0.15) is 0 Å². The summed E-state index contributed by atoms with van der Waals surface area (Å²) >= 11 is 11.7. The van der Waals surface area contributed by atoms with Crippen LogP contribution in [0.4, 0.5) is 10.5 Å². The van der Waals surface area contributed by atoms with E-state index in [1.165, 1.54) is 18.6 Å². The van der Waals surface area contributed by atoms with Gasteiger partial charge in [0.05, 0.1) is 22.6 Å². The molecule has 3 rings (SSSR count). The van der Waals surface area contributed by atoms with Crippen LogP contribution in [0.3, 0.4) is 0 Å². The third-order valence-corrected chi connectivity index (χ3v) is 4.11. The fourth-order valence-corrected chi connectivity index (χ4v) is 2.47. The van der Waals surface area contributed by atoms with Crippen molar-refractivity contribution >= 4 is 40.8 Å². The molecule has 3 amide bonds. The molecule has 1 heterocycles. The Hall–Kier alpha value is -3.03. The molecule has 2 aromatic carbocycles. The van der Waals surface area contributed by atoms with Crippen molar-refractivity contribution in [2.45, 2.75) is 0 Å². The van der Waals surface area contributed by atoms with Crippen LogP contribution in [-0.4, -0.2) is 21.5 Å². The zero-order chi connectivity index (χ0) is 18.5. The summed E-state index contributed by atoms with van der Waals surface area (Å²) in [5.74, 6) is -0.518. The first kappa shape index (κ1) is 17.8. The Morgan fingerprint density at radius 3 is 2.46 bits per heavy atom. The fourth-order valence-electron chi connectivity index (χ4n) is 2.17. The predicted molar refractivity (Wildman–Crippen MR) is 99.6 cm³/mol. The van der Waals surface area contributed by atoms with Crippen molar-refractivity contribution < 1.29 is 9.59 Å². The van der Waals surface area contributed by atoms with E-state index in [1.54, 1.807) is 16.7 Å². The number of rotatable bonds is 3. The second-order valence-electron chi connectivity index (χ2n) is 5.15. The maximum absolute atomic E-state index is 12.3. The lowest BCUT2D eigenvalue weighted by molar-refractivity contribution is 0.0931. The summed E-state index contributed by atoms with van der Waals surface area (Å²) in [5.41, 5.74) is 6.06. The van der Waals surface area contributed by atoms with Crippen molar-refractivity contribution in [2.75, 3.05) is 5.32 Å². The molecule has 1 aromatic heterocycles. The number of hydrogen-bond donors (Lipinski definition) is 3. The van der Waals surface area contributed by atoms with Crippen molar-refractivity contribution in [3.8, 4) is 5.69 Å². The molecule has 26 heavy (non-hydrogen) atoms. The van der Waals surface area contributed by atoms with E-state index in [2.05, 4.69) is 21.2 Å². The second-order valence-corrected chi connectivity index (χ2v) is 5.96. The molecule has 0 aliphatic heterocycles. The highest BCUT2D eigenvalue weighted by Crippen LogP contribution is 2.24. The third kappa shape index (κ3) is 4.14. The number of nitrogens with one attached hydrogen (secondary N) is 3. The van der Waals surface area contributed by atoms with E-state index < -0.39 is 11.9 Å². The predicted octanol–water partition coefficient (Wildman–Crippen LogP) is 3.65. The monoisotopic (exact) mass is 389 g/mol. The Kier molecular flexibility index (Phi) is 5.40. The number of carbonyl (C=O) groups is 2. The number of nitrogens with zero attached hydrogens (tertiary/aromatic N) is 2. The third-order valence-electron chi connectivity index (χ3n) is 3.37. The highest BCUT2D eigenvalue weighted by Gasteiger charge is 2.14. The van der Waals surface area contributed by atoms with Gasteiger partial charge in [0.15, 0.2) is 0 Å². The van der Waals surface area contributed by atoms with E-state index >= 15 is 0 Å². The van der Waals surface area contributed by atoms with Gasteiger partial charge in [-0.3, -0.25) is 14.8 Å². The number of benzene rings is 2. The molecule has 0 aliphatic rings. The van der Waals surface area contributed by atoms with Gasteiger partial charge in [-0.05, 0) is 30.3 Å². The Morgan fingerprint density at radius 1 is 0.962 bits per heavy atom. The summed E-state index contributed by atoms with van der Waals surface area (Å²) < 4.78 is 1.61. The molecule has 9 heteroatoms. The number of urea groups is 1. The highest BCUT2D eigenvalue weighted by molar-refractivity contribution is 6.42. The summed E-state index contributed by atoms with van der Waals surface area (Å²) in [6.45, 7) is 0. The van der Waals surface area contributed by atoms with Crippen molar-refractivity contribution in [1.82, 2.24) is 20.4 Å². The number of para-hydroxylation sites is 1. The van der Waals surface area contributed by atoms with Crippen LogP contribution in [0.5, 0.6) is 0 Å². The summed E-state index contributed by atoms with van der Waals surface area (Å²) in [5, 5.41) is 3.21. The lowest BCUT2D eigenvalue weighted by atomic mass is 10.3. The number of amides is 3. The quantitative estimate of drug-likeness (QED) is 0.597. The van der Waals surface area contributed by atoms with Crippen LogP contribution < -0.4 is 16.2 Å². The van der Waals surface area contributed by atoms with Crippen molar-refractivity contribution in [3.63, 3.8) is 0 Å². The smallest absolute Gasteiger partial charge is 0.307 e. The largest absolute Gasteiger partial charge is 0.337 e. The molecular weight excluding hydrogens is 377 g/mol. The van der Waals surface area contributed by atoms with Crippen LogP contribution in [0.25, 0.3) is 5.69 Å². The Morgan fingerprint density at radius 2 is 1.73 bits per heavy atom. The molecule has 132 valence electrons. The average Bonchev–Trinajstić information content (AvgIpc) is 3.13. The van der Waals surface area contributed by atoms with Crippen LogP contribution in [0.1, 0.15) is 10.5 Å². The molecule has 0 spiro atoms. The molecule has 0 atom stereocenters. The van der Waals surface area contributed by atoms with Crippen LogP contribution in [0, 0.1) is 0 Å². The maximum Gasteiger partial charge on any atom is 0.337 e. The minimum atomic E-state index is -0.637. The fraction of sp³-hybridized carbons (Fsp3) is 0. The number of aromatic nitrogens is 2. The van der Waals surface area contributed by atoms with Gasteiger partial charge in [0, 0.05) is 11.4 Å². The molecule has 0 saturated heterocycles. The number of hydrazine groups is 1. The zero-order valence-corrected chi connectivity index (χ0v) is 14.8. The first-order chi connectivity index (χ1) is 12.5. The van der Waals surface area contributed by atoms with Crippen LogP contribution in [-0.2, 0) is 0 Å². The molecular formula is C17H13Cl2N5O2. The molecule has 3 aromatic rings. The minimum absolute atomic E-state index is 0.269. The first-order valence-corrected chi connectivity index (χ1v) is 8.20. The van der Waals surface area contributed by atoms with E-state index in [-0.39, 0.29) is 5.69 Å². The van der Waals surface area contributed by atoms with E-state index in [0.29, 0.717) is 15.7 Å². The van der Waals surface area contributed by atoms with Crippen LogP contribution in [0.15, 0.2) is 61.1 Å². The van der Waals surface area contributed by atoms with Crippen molar-refractivity contribution in [3.05, 3.63) is 76.8 Å². The molecule has 0 fully saturated rings. The van der Waals surface area contributed by atoms with E-state index in [1.807, 2.05) is 30.3 Å². The first-order valence-electron chi connectivity index (χ1n) is 7.45.